The highest BCUT2D eigenvalue weighted by molar-refractivity contribution is 5.22. The van der Waals surface area contributed by atoms with Crippen LogP contribution in [0.1, 0.15) is 27.2 Å². The lowest BCUT2D eigenvalue weighted by molar-refractivity contribution is 0.225. The van der Waals surface area contributed by atoms with E-state index >= 15 is 0 Å². The molecule has 1 nitrogen and oxygen atoms in total. The monoisotopic (exact) mass is 151 g/mol. The zero-order valence-electron chi connectivity index (χ0n) is 7.89. The molecule has 0 fully saturated rings. The van der Waals surface area contributed by atoms with Crippen molar-refractivity contribution in [3.8, 4) is 0 Å². The van der Waals surface area contributed by atoms with Gasteiger partial charge in [0.25, 0.3) is 0 Å². The Kier molecular flexibility index (Phi) is 2.08. The zero-order chi connectivity index (χ0) is 8.48. The van der Waals surface area contributed by atoms with Crippen molar-refractivity contribution < 1.29 is 0 Å². The van der Waals surface area contributed by atoms with Crippen molar-refractivity contribution in [1.29, 1.82) is 0 Å². The molecule has 0 aromatic carbocycles. The quantitative estimate of drug-likeness (QED) is 0.556. The van der Waals surface area contributed by atoms with Crippen LogP contribution in [0.2, 0.25) is 0 Å². The molecule has 0 aromatic rings. The Morgan fingerprint density at radius 2 is 2.00 bits per heavy atom. The maximum atomic E-state index is 2.33. The minimum absolute atomic E-state index is 0.248. The van der Waals surface area contributed by atoms with Gasteiger partial charge in [-0.2, -0.15) is 0 Å². The first kappa shape index (κ1) is 8.38. The molecule has 0 saturated heterocycles. The van der Waals surface area contributed by atoms with Crippen LogP contribution in [-0.2, 0) is 0 Å². The summed E-state index contributed by atoms with van der Waals surface area (Å²) in [5.74, 6) is 0. The van der Waals surface area contributed by atoms with Crippen molar-refractivity contribution in [2.24, 2.45) is 0 Å². The molecule has 62 valence electrons. The molecule has 0 aromatic heterocycles. The molecule has 0 unspecified atom stereocenters. The largest absolute Gasteiger partial charge is 0.373 e. The van der Waals surface area contributed by atoms with Crippen LogP contribution in [0.3, 0.4) is 0 Å². The first-order valence-corrected chi connectivity index (χ1v) is 4.11. The van der Waals surface area contributed by atoms with Crippen LogP contribution < -0.4 is 0 Å². The fourth-order valence-electron chi connectivity index (χ4n) is 1.12. The number of allylic oxidation sites excluding steroid dienone is 3. The van der Waals surface area contributed by atoms with E-state index in [9.17, 15) is 0 Å². The Labute approximate surface area is 69.4 Å². The summed E-state index contributed by atoms with van der Waals surface area (Å²) in [5, 5.41) is 0. The van der Waals surface area contributed by atoms with Crippen molar-refractivity contribution in [2.45, 2.75) is 32.7 Å². The number of hydrogen-bond donors (Lipinski definition) is 0. The lowest BCUT2D eigenvalue weighted by Gasteiger charge is -2.35. The summed E-state index contributed by atoms with van der Waals surface area (Å²) >= 11 is 0. The lowest BCUT2D eigenvalue weighted by Crippen LogP contribution is -2.36. The van der Waals surface area contributed by atoms with Gasteiger partial charge in [0.15, 0.2) is 0 Å². The Morgan fingerprint density at radius 1 is 1.36 bits per heavy atom. The smallest absolute Gasteiger partial charge is 0.0311 e. The standard InChI is InChI=1S/C10H17N/c1-10(2,3)11(4)9-7-5-6-8-9/h5-7H,8H2,1-4H3. The molecule has 1 aliphatic rings. The average Bonchev–Trinajstić information content (AvgIpc) is 2.34. The van der Waals surface area contributed by atoms with Crippen LogP contribution in [0.5, 0.6) is 0 Å². The Bertz CT molecular complexity index is 193. The number of rotatable bonds is 1. The molecular formula is C10H17N. The first-order valence-electron chi connectivity index (χ1n) is 4.11. The highest BCUT2D eigenvalue weighted by Crippen LogP contribution is 2.22. The number of hydrogen-bond acceptors (Lipinski definition) is 1. The minimum atomic E-state index is 0.248. The van der Waals surface area contributed by atoms with Crippen LogP contribution in [0.25, 0.3) is 0 Å². The highest BCUT2D eigenvalue weighted by atomic mass is 15.2. The summed E-state index contributed by atoms with van der Waals surface area (Å²) in [6.45, 7) is 6.68. The number of nitrogens with zero attached hydrogens (tertiary/aromatic N) is 1. The molecular weight excluding hydrogens is 134 g/mol. The van der Waals surface area contributed by atoms with Gasteiger partial charge >= 0.3 is 0 Å². The molecule has 0 aliphatic heterocycles. The van der Waals surface area contributed by atoms with Crippen LogP contribution >= 0.6 is 0 Å². The van der Waals surface area contributed by atoms with E-state index in [-0.39, 0.29) is 5.54 Å². The molecule has 1 aliphatic carbocycles. The van der Waals surface area contributed by atoms with E-state index in [4.69, 9.17) is 0 Å². The summed E-state index contributed by atoms with van der Waals surface area (Å²) < 4.78 is 0. The third-order valence-electron chi connectivity index (χ3n) is 2.19. The molecule has 0 amide bonds. The van der Waals surface area contributed by atoms with Gasteiger partial charge in [0.05, 0.1) is 0 Å². The van der Waals surface area contributed by atoms with E-state index in [1.165, 1.54) is 5.70 Å². The summed E-state index contributed by atoms with van der Waals surface area (Å²) in [7, 11) is 2.15. The van der Waals surface area contributed by atoms with Crippen molar-refractivity contribution >= 4 is 0 Å². The van der Waals surface area contributed by atoms with Crippen molar-refractivity contribution in [3.63, 3.8) is 0 Å². The van der Waals surface area contributed by atoms with Crippen LogP contribution in [0.4, 0.5) is 0 Å². The molecule has 11 heavy (non-hydrogen) atoms. The first-order chi connectivity index (χ1) is 5.02. The Balaban J connectivity index is 2.62. The highest BCUT2D eigenvalue weighted by Gasteiger charge is 2.18. The maximum Gasteiger partial charge on any atom is 0.0311 e. The fourth-order valence-corrected chi connectivity index (χ4v) is 1.12. The minimum Gasteiger partial charge on any atom is -0.373 e. The predicted molar refractivity (Wildman–Crippen MR) is 49.4 cm³/mol. The third-order valence-corrected chi connectivity index (χ3v) is 2.19. The van der Waals surface area contributed by atoms with E-state index in [2.05, 4.69) is 50.9 Å². The second kappa shape index (κ2) is 2.72. The van der Waals surface area contributed by atoms with E-state index in [1.54, 1.807) is 0 Å². The van der Waals surface area contributed by atoms with Crippen molar-refractivity contribution in [2.75, 3.05) is 7.05 Å². The molecule has 1 rings (SSSR count). The third kappa shape index (κ3) is 1.86. The van der Waals surface area contributed by atoms with Gasteiger partial charge in [0, 0.05) is 24.7 Å². The van der Waals surface area contributed by atoms with Gasteiger partial charge in [-0.1, -0.05) is 12.2 Å². The van der Waals surface area contributed by atoms with Gasteiger partial charge in [-0.05, 0) is 26.8 Å². The Morgan fingerprint density at radius 3 is 2.36 bits per heavy atom. The van der Waals surface area contributed by atoms with Gasteiger partial charge in [-0.3, -0.25) is 0 Å². The SMILES string of the molecule is CN(C1=CC=CC1)C(C)(C)C. The van der Waals surface area contributed by atoms with Crippen LogP contribution in [-0.4, -0.2) is 17.5 Å². The molecule has 0 saturated carbocycles. The predicted octanol–water partition coefficient (Wildman–Crippen LogP) is 2.56. The van der Waals surface area contributed by atoms with E-state index in [1.807, 2.05) is 0 Å². The lowest BCUT2D eigenvalue weighted by atomic mass is 10.1. The summed E-state index contributed by atoms with van der Waals surface area (Å²) in [5.41, 5.74) is 1.66. The summed E-state index contributed by atoms with van der Waals surface area (Å²) in [6.07, 6.45) is 7.59. The van der Waals surface area contributed by atoms with Crippen molar-refractivity contribution in [3.05, 3.63) is 23.9 Å². The molecule has 1 heteroatoms. The molecule has 0 radical (unpaired) electrons. The van der Waals surface area contributed by atoms with Gasteiger partial charge in [-0.15, -0.1) is 0 Å². The summed E-state index contributed by atoms with van der Waals surface area (Å²) in [4.78, 5) is 2.33. The molecule has 0 heterocycles. The van der Waals surface area contributed by atoms with E-state index in [0.29, 0.717) is 0 Å². The van der Waals surface area contributed by atoms with Crippen LogP contribution in [0, 0.1) is 0 Å². The van der Waals surface area contributed by atoms with E-state index in [0.717, 1.165) is 6.42 Å². The van der Waals surface area contributed by atoms with Gasteiger partial charge in [0.2, 0.25) is 0 Å². The average molecular weight is 151 g/mol. The second-order valence-corrected chi connectivity index (χ2v) is 4.02. The fraction of sp³-hybridized carbons (Fsp3) is 0.600. The van der Waals surface area contributed by atoms with E-state index < -0.39 is 0 Å². The van der Waals surface area contributed by atoms with Crippen molar-refractivity contribution in [1.82, 2.24) is 4.90 Å². The molecule has 0 bridgehead atoms. The topological polar surface area (TPSA) is 3.24 Å². The second-order valence-electron chi connectivity index (χ2n) is 4.02. The van der Waals surface area contributed by atoms with Gasteiger partial charge < -0.3 is 4.90 Å². The molecule has 0 atom stereocenters. The van der Waals surface area contributed by atoms with Gasteiger partial charge in [-0.25, -0.2) is 0 Å². The Hall–Kier alpha value is -0.720. The molecule has 0 N–H and O–H groups in total. The molecule has 0 spiro atoms. The summed E-state index contributed by atoms with van der Waals surface area (Å²) in [6, 6.07) is 0. The zero-order valence-corrected chi connectivity index (χ0v) is 7.89. The van der Waals surface area contributed by atoms with Crippen LogP contribution in [0.15, 0.2) is 23.9 Å². The van der Waals surface area contributed by atoms with Gasteiger partial charge in [0.1, 0.15) is 0 Å². The maximum absolute atomic E-state index is 2.33. The normalized spacial score (nSPS) is 16.9.